The average Bonchev–Trinajstić information content (AvgIpc) is 3.35. The van der Waals surface area contributed by atoms with Crippen LogP contribution in [0.1, 0.15) is 28.8 Å². The Balaban J connectivity index is 1.53. The van der Waals surface area contributed by atoms with E-state index < -0.39 is 27.6 Å². The van der Waals surface area contributed by atoms with E-state index >= 15 is 0 Å². The molecule has 1 aliphatic heterocycles. The highest BCUT2D eigenvalue weighted by Gasteiger charge is 2.27. The van der Waals surface area contributed by atoms with Crippen molar-refractivity contribution < 1.29 is 22.0 Å². The Bertz CT molecular complexity index is 1290. The third kappa shape index (κ3) is 4.97. The lowest BCUT2D eigenvalue weighted by molar-refractivity contribution is 0.100. The number of benzene rings is 1. The van der Waals surface area contributed by atoms with Crippen LogP contribution >= 0.6 is 0 Å². The molecule has 0 bridgehead atoms. The largest absolute Gasteiger partial charge is 0.380 e. The van der Waals surface area contributed by atoms with Gasteiger partial charge in [0.15, 0.2) is 0 Å². The zero-order valence-corrected chi connectivity index (χ0v) is 18.8. The van der Waals surface area contributed by atoms with Crippen molar-refractivity contribution in [1.82, 2.24) is 14.3 Å². The molecule has 34 heavy (non-hydrogen) atoms. The van der Waals surface area contributed by atoms with E-state index in [0.29, 0.717) is 18.9 Å². The third-order valence-electron chi connectivity index (χ3n) is 5.38. The van der Waals surface area contributed by atoms with Crippen molar-refractivity contribution in [2.75, 3.05) is 23.7 Å². The fraction of sp³-hybridized carbons (Fsp3) is 0.227. The normalized spacial score (nSPS) is 14.2. The Morgan fingerprint density at radius 3 is 2.32 bits per heavy atom. The zero-order valence-electron chi connectivity index (χ0n) is 18.0. The first-order valence-electron chi connectivity index (χ1n) is 10.5. The fourth-order valence-electron chi connectivity index (χ4n) is 3.57. The van der Waals surface area contributed by atoms with Crippen LogP contribution in [0.2, 0.25) is 0 Å². The molecule has 1 aliphatic rings. The summed E-state index contributed by atoms with van der Waals surface area (Å²) in [5.41, 5.74) is 5.44. The van der Waals surface area contributed by atoms with Crippen LogP contribution in [0.4, 0.5) is 26.1 Å². The number of carbonyl (C=O) groups excluding carboxylic acids is 1. The number of hydrogen-bond acceptors (Lipinski definition) is 7. The SMILES string of the molecule is NC(=O)c1cnc(Nc2ccc(S(=O)(=O)N3CCCC3)cn2)cc1NCc1c(F)cccc1F. The molecule has 4 rings (SSSR count). The molecule has 4 N–H and O–H groups in total. The van der Waals surface area contributed by atoms with Gasteiger partial charge in [0.05, 0.1) is 11.3 Å². The fourth-order valence-corrected chi connectivity index (χ4v) is 5.03. The van der Waals surface area contributed by atoms with E-state index in [0.717, 1.165) is 25.0 Å². The molecule has 1 amide bonds. The van der Waals surface area contributed by atoms with E-state index in [-0.39, 0.29) is 34.1 Å². The van der Waals surface area contributed by atoms with E-state index in [1.165, 1.54) is 41.0 Å². The van der Waals surface area contributed by atoms with Crippen LogP contribution < -0.4 is 16.4 Å². The molecule has 9 nitrogen and oxygen atoms in total. The van der Waals surface area contributed by atoms with Gasteiger partial charge in [-0.05, 0) is 37.1 Å². The maximum atomic E-state index is 13.9. The molecule has 0 atom stereocenters. The van der Waals surface area contributed by atoms with Gasteiger partial charge in [-0.2, -0.15) is 4.31 Å². The van der Waals surface area contributed by atoms with Gasteiger partial charge in [0.25, 0.3) is 5.91 Å². The van der Waals surface area contributed by atoms with Crippen LogP contribution in [0.25, 0.3) is 0 Å². The number of nitrogens with one attached hydrogen (secondary N) is 2. The number of carbonyl (C=O) groups is 1. The number of rotatable bonds is 8. The third-order valence-corrected chi connectivity index (χ3v) is 7.26. The quantitative estimate of drug-likeness (QED) is 0.444. The topological polar surface area (TPSA) is 130 Å². The Morgan fingerprint density at radius 1 is 1.03 bits per heavy atom. The zero-order chi connectivity index (χ0) is 24.3. The maximum Gasteiger partial charge on any atom is 0.252 e. The van der Waals surface area contributed by atoms with Gasteiger partial charge in [0, 0.05) is 43.7 Å². The van der Waals surface area contributed by atoms with Gasteiger partial charge in [-0.25, -0.2) is 27.2 Å². The molecular weight excluding hydrogens is 466 g/mol. The number of halogens is 2. The Morgan fingerprint density at radius 2 is 1.71 bits per heavy atom. The maximum absolute atomic E-state index is 13.9. The summed E-state index contributed by atoms with van der Waals surface area (Å²) in [5.74, 6) is -1.66. The summed E-state index contributed by atoms with van der Waals surface area (Å²) in [5, 5.41) is 5.72. The van der Waals surface area contributed by atoms with Gasteiger partial charge < -0.3 is 16.4 Å². The van der Waals surface area contributed by atoms with E-state index in [4.69, 9.17) is 5.73 Å². The standard InChI is InChI=1S/C22H22F2N6O3S/c23-17-4-3-5-18(24)15(17)12-26-19-10-21(28-13-16(19)22(25)31)29-20-7-6-14(11-27-20)34(32,33)30-8-1-2-9-30/h3-7,10-11,13H,1-2,8-9,12H2,(H2,25,31)(H2,26,27,28,29). The molecule has 1 aromatic carbocycles. The molecule has 0 radical (unpaired) electrons. The second-order valence-corrected chi connectivity index (χ2v) is 9.59. The highest BCUT2D eigenvalue weighted by molar-refractivity contribution is 7.89. The summed E-state index contributed by atoms with van der Waals surface area (Å²) < 4.78 is 54.6. The van der Waals surface area contributed by atoms with Crippen molar-refractivity contribution in [3.05, 3.63) is 71.6 Å². The van der Waals surface area contributed by atoms with E-state index in [9.17, 15) is 22.0 Å². The molecule has 1 saturated heterocycles. The minimum Gasteiger partial charge on any atom is -0.380 e. The molecule has 3 heterocycles. The van der Waals surface area contributed by atoms with Gasteiger partial charge in [-0.1, -0.05) is 6.07 Å². The molecule has 3 aromatic rings. The number of nitrogens with zero attached hydrogens (tertiary/aromatic N) is 3. The highest BCUT2D eigenvalue weighted by atomic mass is 32.2. The number of aromatic nitrogens is 2. The average molecular weight is 489 g/mol. The Hall–Kier alpha value is -3.64. The molecule has 12 heteroatoms. The summed E-state index contributed by atoms with van der Waals surface area (Å²) in [7, 11) is -3.59. The highest BCUT2D eigenvalue weighted by Crippen LogP contribution is 2.24. The summed E-state index contributed by atoms with van der Waals surface area (Å²) in [4.78, 5) is 20.1. The number of primary amides is 1. The Kier molecular flexibility index (Phi) is 6.70. The molecule has 2 aromatic heterocycles. The number of sulfonamides is 1. The second-order valence-electron chi connectivity index (χ2n) is 7.65. The first-order valence-corrected chi connectivity index (χ1v) is 11.9. The van der Waals surface area contributed by atoms with E-state index in [1.807, 2.05) is 0 Å². The van der Waals surface area contributed by atoms with Crippen LogP contribution in [-0.2, 0) is 16.6 Å². The van der Waals surface area contributed by atoms with Crippen molar-refractivity contribution in [2.45, 2.75) is 24.3 Å². The number of anilines is 3. The minimum absolute atomic E-state index is 0.0299. The number of pyridine rings is 2. The summed E-state index contributed by atoms with van der Waals surface area (Å²) >= 11 is 0. The molecule has 0 aliphatic carbocycles. The van der Waals surface area contributed by atoms with Crippen LogP contribution in [0.15, 0.2) is 53.7 Å². The molecule has 178 valence electrons. The van der Waals surface area contributed by atoms with Crippen LogP contribution in [0, 0.1) is 11.6 Å². The van der Waals surface area contributed by atoms with Gasteiger partial charge >= 0.3 is 0 Å². The van der Waals surface area contributed by atoms with E-state index in [1.54, 1.807) is 0 Å². The van der Waals surface area contributed by atoms with Crippen molar-refractivity contribution in [3.8, 4) is 0 Å². The van der Waals surface area contributed by atoms with Crippen molar-refractivity contribution in [2.24, 2.45) is 5.73 Å². The first kappa shape index (κ1) is 23.5. The minimum atomic E-state index is -3.59. The predicted molar refractivity (Wildman–Crippen MR) is 122 cm³/mol. The first-order chi connectivity index (χ1) is 16.3. The monoisotopic (exact) mass is 488 g/mol. The smallest absolute Gasteiger partial charge is 0.252 e. The van der Waals surface area contributed by atoms with Gasteiger partial charge in [0.2, 0.25) is 10.0 Å². The Labute approximate surface area is 195 Å². The second kappa shape index (κ2) is 9.69. The van der Waals surface area contributed by atoms with Gasteiger partial charge in [-0.3, -0.25) is 4.79 Å². The van der Waals surface area contributed by atoms with Crippen LogP contribution in [-0.4, -0.2) is 41.7 Å². The molecule has 1 fully saturated rings. The molecular formula is C22H22F2N6O3S. The lowest BCUT2D eigenvalue weighted by atomic mass is 10.1. The van der Waals surface area contributed by atoms with Gasteiger partial charge in [-0.15, -0.1) is 0 Å². The van der Waals surface area contributed by atoms with Crippen molar-refractivity contribution in [1.29, 1.82) is 0 Å². The summed E-state index contributed by atoms with van der Waals surface area (Å²) in [6, 6.07) is 7.90. The molecule has 0 spiro atoms. The van der Waals surface area contributed by atoms with Crippen molar-refractivity contribution in [3.63, 3.8) is 0 Å². The van der Waals surface area contributed by atoms with Crippen LogP contribution in [0.3, 0.4) is 0 Å². The van der Waals surface area contributed by atoms with Crippen LogP contribution in [0.5, 0.6) is 0 Å². The lowest BCUT2D eigenvalue weighted by Gasteiger charge is -2.15. The predicted octanol–water partition coefficient (Wildman–Crippen LogP) is 2.99. The lowest BCUT2D eigenvalue weighted by Crippen LogP contribution is -2.27. The summed E-state index contributed by atoms with van der Waals surface area (Å²) in [6.07, 6.45) is 4.14. The molecule has 0 saturated carbocycles. The van der Waals surface area contributed by atoms with E-state index in [2.05, 4.69) is 20.6 Å². The number of nitrogens with two attached hydrogens (primary N) is 1. The molecule has 0 unspecified atom stereocenters. The summed E-state index contributed by atoms with van der Waals surface area (Å²) in [6.45, 7) is 0.750. The number of hydrogen-bond donors (Lipinski definition) is 3. The number of amides is 1. The van der Waals surface area contributed by atoms with Crippen molar-refractivity contribution >= 4 is 33.3 Å². The van der Waals surface area contributed by atoms with Gasteiger partial charge in [0.1, 0.15) is 28.2 Å².